The number of nitrogens with one attached hydrogen (secondary N) is 4. The second-order valence-electron chi connectivity index (χ2n) is 6.68. The van der Waals surface area contributed by atoms with Crippen molar-refractivity contribution < 1.29 is 19.1 Å². The summed E-state index contributed by atoms with van der Waals surface area (Å²) < 4.78 is 5.13. The van der Waals surface area contributed by atoms with Crippen molar-refractivity contribution in [2.24, 2.45) is 0 Å². The molecule has 31 heavy (non-hydrogen) atoms. The Labute approximate surface area is 178 Å². The van der Waals surface area contributed by atoms with Gasteiger partial charge in [-0.05, 0) is 42.5 Å². The van der Waals surface area contributed by atoms with Crippen molar-refractivity contribution in [2.75, 3.05) is 17.7 Å². The quantitative estimate of drug-likeness (QED) is 0.461. The van der Waals surface area contributed by atoms with Crippen LogP contribution in [0.3, 0.4) is 0 Å². The number of amides is 3. The third-order valence-corrected chi connectivity index (χ3v) is 4.13. The molecule has 0 aliphatic carbocycles. The number of carbonyl (C=O) groups is 3. The highest BCUT2D eigenvalue weighted by atomic mass is 16.5. The lowest BCUT2D eigenvalue weighted by molar-refractivity contribution is -0.115. The summed E-state index contributed by atoms with van der Waals surface area (Å²) in [6.07, 6.45) is 0. The van der Waals surface area contributed by atoms with Crippen molar-refractivity contribution >= 4 is 29.1 Å². The molecule has 0 radical (unpaired) electrons. The van der Waals surface area contributed by atoms with Gasteiger partial charge in [0, 0.05) is 36.3 Å². The van der Waals surface area contributed by atoms with Crippen molar-refractivity contribution in [3.63, 3.8) is 0 Å². The van der Waals surface area contributed by atoms with E-state index in [9.17, 15) is 14.4 Å². The third kappa shape index (κ3) is 5.89. The molecule has 160 valence electrons. The van der Waals surface area contributed by atoms with Gasteiger partial charge >= 0.3 is 0 Å². The smallest absolute Gasteiger partial charge is 0.251 e. The first-order chi connectivity index (χ1) is 14.8. The number of rotatable bonds is 7. The van der Waals surface area contributed by atoms with Crippen LogP contribution in [0.5, 0.6) is 5.75 Å². The van der Waals surface area contributed by atoms with E-state index >= 15 is 0 Å². The molecule has 3 rings (SSSR count). The van der Waals surface area contributed by atoms with Gasteiger partial charge in [0.2, 0.25) is 11.8 Å². The molecule has 1 aromatic heterocycles. The van der Waals surface area contributed by atoms with Crippen LogP contribution in [-0.2, 0) is 16.1 Å². The lowest BCUT2D eigenvalue weighted by Crippen LogP contribution is -2.24. The summed E-state index contributed by atoms with van der Waals surface area (Å²) in [4.78, 5) is 39.7. The molecule has 4 N–H and O–H groups in total. The molecule has 10 nitrogen and oxygen atoms in total. The molecule has 3 aromatic rings. The first kappa shape index (κ1) is 21.5. The molecule has 0 bridgehead atoms. The predicted molar refractivity (Wildman–Crippen MR) is 115 cm³/mol. The number of H-pyrrole nitrogens is 1. The minimum atomic E-state index is -0.402. The van der Waals surface area contributed by atoms with E-state index in [1.54, 1.807) is 13.2 Å². The number of ether oxygens (including phenoxy) is 1. The fourth-order valence-electron chi connectivity index (χ4n) is 2.82. The Bertz CT molecular complexity index is 1070. The molecule has 3 amide bonds. The van der Waals surface area contributed by atoms with E-state index in [1.165, 1.54) is 26.0 Å². The van der Waals surface area contributed by atoms with Gasteiger partial charge in [-0.3, -0.25) is 19.5 Å². The Kier molecular flexibility index (Phi) is 6.61. The van der Waals surface area contributed by atoms with Crippen LogP contribution in [0.1, 0.15) is 30.0 Å². The monoisotopic (exact) mass is 422 g/mol. The molecule has 2 aromatic carbocycles. The highest BCUT2D eigenvalue weighted by Crippen LogP contribution is 2.20. The topological polar surface area (TPSA) is 138 Å². The maximum absolute atomic E-state index is 12.6. The molecule has 0 atom stereocenters. The van der Waals surface area contributed by atoms with Crippen LogP contribution in [-0.4, -0.2) is 40.0 Å². The van der Waals surface area contributed by atoms with E-state index in [1.807, 2.05) is 24.3 Å². The van der Waals surface area contributed by atoms with Gasteiger partial charge in [0.05, 0.1) is 13.7 Å². The number of hydrogen-bond donors (Lipinski definition) is 4. The number of aromatic nitrogens is 3. The summed E-state index contributed by atoms with van der Waals surface area (Å²) >= 11 is 0. The number of anilines is 2. The maximum Gasteiger partial charge on any atom is 0.251 e. The average Bonchev–Trinajstić information content (AvgIpc) is 3.20. The Hall–Kier alpha value is -4.21. The van der Waals surface area contributed by atoms with Gasteiger partial charge in [0.15, 0.2) is 5.82 Å². The van der Waals surface area contributed by atoms with Crippen LogP contribution in [0, 0.1) is 0 Å². The maximum atomic E-state index is 12.6. The fourth-order valence-corrected chi connectivity index (χ4v) is 2.82. The molecule has 0 spiro atoms. The van der Waals surface area contributed by atoms with Crippen molar-refractivity contribution in [3.05, 3.63) is 53.9 Å². The molecule has 0 aliphatic rings. The Morgan fingerprint density at radius 3 is 2.13 bits per heavy atom. The summed E-state index contributed by atoms with van der Waals surface area (Å²) in [5, 5.41) is 14.9. The van der Waals surface area contributed by atoms with E-state index in [0.29, 0.717) is 23.0 Å². The standard InChI is InChI=1S/C21H22N6O4/c1-12(28)23-16-8-15(9-17(10-16)24-13(2)29)21(30)22-11-19-25-20(27-26-19)14-4-6-18(31-3)7-5-14/h4-10H,11H2,1-3H3,(H,22,30)(H,23,28)(H,24,29)(H,25,26,27). The molecular formula is C21H22N6O4. The van der Waals surface area contributed by atoms with E-state index in [2.05, 4.69) is 31.1 Å². The highest BCUT2D eigenvalue weighted by Gasteiger charge is 2.12. The first-order valence-electron chi connectivity index (χ1n) is 9.38. The number of benzene rings is 2. The van der Waals surface area contributed by atoms with Crippen LogP contribution in [0.25, 0.3) is 11.4 Å². The van der Waals surface area contributed by atoms with E-state index in [0.717, 1.165) is 11.3 Å². The van der Waals surface area contributed by atoms with Crippen LogP contribution < -0.4 is 20.7 Å². The lowest BCUT2D eigenvalue weighted by atomic mass is 10.1. The summed E-state index contributed by atoms with van der Waals surface area (Å²) in [5.74, 6) is 0.706. The average molecular weight is 422 g/mol. The second-order valence-corrected chi connectivity index (χ2v) is 6.68. The van der Waals surface area contributed by atoms with E-state index in [4.69, 9.17) is 4.74 Å². The molecule has 0 saturated heterocycles. The first-order valence-corrected chi connectivity index (χ1v) is 9.38. The van der Waals surface area contributed by atoms with Crippen LogP contribution in [0.4, 0.5) is 11.4 Å². The molecule has 0 aliphatic heterocycles. The van der Waals surface area contributed by atoms with Gasteiger partial charge in [-0.1, -0.05) is 0 Å². The SMILES string of the molecule is COc1ccc(-c2n[nH]c(CNC(=O)c3cc(NC(C)=O)cc(NC(C)=O)c3)n2)cc1. The van der Waals surface area contributed by atoms with Gasteiger partial charge < -0.3 is 20.7 Å². The zero-order valence-corrected chi connectivity index (χ0v) is 17.3. The normalized spacial score (nSPS) is 10.3. The summed E-state index contributed by atoms with van der Waals surface area (Å²) in [6, 6.07) is 11.9. The molecule has 0 unspecified atom stereocenters. The third-order valence-electron chi connectivity index (χ3n) is 4.13. The molecule has 0 fully saturated rings. The molecule has 1 heterocycles. The molecule has 0 saturated carbocycles. The minimum Gasteiger partial charge on any atom is -0.497 e. The number of carbonyl (C=O) groups excluding carboxylic acids is 3. The number of aromatic amines is 1. The zero-order valence-electron chi connectivity index (χ0n) is 17.3. The van der Waals surface area contributed by atoms with Crippen LogP contribution in [0.2, 0.25) is 0 Å². The van der Waals surface area contributed by atoms with Crippen molar-refractivity contribution in [1.82, 2.24) is 20.5 Å². The van der Waals surface area contributed by atoms with Gasteiger partial charge in [0.1, 0.15) is 11.6 Å². The second kappa shape index (κ2) is 9.53. The van der Waals surface area contributed by atoms with Crippen molar-refractivity contribution in [3.8, 4) is 17.1 Å². The molecular weight excluding hydrogens is 400 g/mol. The van der Waals surface area contributed by atoms with Gasteiger partial charge in [-0.25, -0.2) is 4.98 Å². The largest absolute Gasteiger partial charge is 0.497 e. The Balaban J connectivity index is 1.70. The Morgan fingerprint density at radius 1 is 0.968 bits per heavy atom. The van der Waals surface area contributed by atoms with Crippen LogP contribution >= 0.6 is 0 Å². The summed E-state index contributed by atoms with van der Waals surface area (Å²) in [5.41, 5.74) is 1.86. The van der Waals surface area contributed by atoms with Crippen LogP contribution in [0.15, 0.2) is 42.5 Å². The summed E-state index contributed by atoms with van der Waals surface area (Å²) in [7, 11) is 1.59. The zero-order chi connectivity index (χ0) is 22.4. The predicted octanol–water partition coefficient (Wildman–Crippen LogP) is 2.33. The van der Waals surface area contributed by atoms with E-state index in [-0.39, 0.29) is 23.9 Å². The van der Waals surface area contributed by atoms with Gasteiger partial charge in [-0.2, -0.15) is 5.10 Å². The van der Waals surface area contributed by atoms with E-state index < -0.39 is 5.91 Å². The van der Waals surface area contributed by atoms with Crippen molar-refractivity contribution in [2.45, 2.75) is 20.4 Å². The number of hydrogen-bond acceptors (Lipinski definition) is 6. The molecule has 10 heteroatoms. The fraction of sp³-hybridized carbons (Fsp3) is 0.190. The lowest BCUT2D eigenvalue weighted by Gasteiger charge is -2.10. The number of nitrogens with zero attached hydrogens (tertiary/aromatic N) is 2. The highest BCUT2D eigenvalue weighted by molar-refractivity contribution is 5.99. The summed E-state index contributed by atoms with van der Waals surface area (Å²) in [6.45, 7) is 2.83. The van der Waals surface area contributed by atoms with Gasteiger partial charge in [-0.15, -0.1) is 0 Å². The minimum absolute atomic E-state index is 0.113. The van der Waals surface area contributed by atoms with Crippen molar-refractivity contribution in [1.29, 1.82) is 0 Å². The number of methoxy groups -OCH3 is 1. The Morgan fingerprint density at radius 2 is 1.58 bits per heavy atom. The van der Waals surface area contributed by atoms with Gasteiger partial charge in [0.25, 0.3) is 5.91 Å².